The van der Waals surface area contributed by atoms with Gasteiger partial charge in [-0.2, -0.15) is 0 Å². The molecule has 0 aliphatic heterocycles. The fraction of sp³-hybridized carbons (Fsp3) is 0.250. The van der Waals surface area contributed by atoms with Gasteiger partial charge in [0.2, 0.25) is 0 Å². The van der Waals surface area contributed by atoms with Crippen molar-refractivity contribution in [3.63, 3.8) is 0 Å². The minimum atomic E-state index is 1.06. The Bertz CT molecular complexity index is 152. The molecule has 1 nitrogen and oxygen atoms in total. The maximum Gasteiger partial charge on any atom is -0.00324 e. The van der Waals surface area contributed by atoms with Crippen LogP contribution in [0.4, 0.5) is 0 Å². The number of rotatable bonds is 2. The second-order valence-corrected chi connectivity index (χ2v) is 2.00. The summed E-state index contributed by atoms with van der Waals surface area (Å²) in [5, 5.41) is 0. The summed E-state index contributed by atoms with van der Waals surface area (Å²) < 4.78 is 0. The van der Waals surface area contributed by atoms with Crippen LogP contribution in [0.2, 0.25) is 0 Å². The molecule has 0 amide bonds. The molecule has 0 aromatic carbocycles. The Morgan fingerprint density at radius 1 is 1.33 bits per heavy atom. The van der Waals surface area contributed by atoms with Gasteiger partial charge in [-0.25, -0.2) is 0 Å². The molecule has 0 spiro atoms. The maximum atomic E-state index is 5.23. The van der Waals surface area contributed by atoms with Gasteiger partial charge in [-0.3, -0.25) is 0 Å². The zero-order valence-corrected chi connectivity index (χ0v) is 6.02. The van der Waals surface area contributed by atoms with Crippen LogP contribution in [0.1, 0.15) is 13.8 Å². The van der Waals surface area contributed by atoms with E-state index in [1.54, 1.807) is 12.3 Å². The van der Waals surface area contributed by atoms with E-state index in [-0.39, 0.29) is 0 Å². The van der Waals surface area contributed by atoms with Crippen molar-refractivity contribution in [3.05, 3.63) is 36.1 Å². The molecule has 0 aromatic rings. The Morgan fingerprint density at radius 3 is 2.22 bits per heavy atom. The highest BCUT2D eigenvalue weighted by Crippen LogP contribution is 1.99. The summed E-state index contributed by atoms with van der Waals surface area (Å²) in [4.78, 5) is 0. The van der Waals surface area contributed by atoms with Crippen LogP contribution in [0.25, 0.3) is 0 Å². The Kier molecular flexibility index (Phi) is 3.52. The van der Waals surface area contributed by atoms with Gasteiger partial charge < -0.3 is 5.73 Å². The first kappa shape index (κ1) is 8.02. The Labute approximate surface area is 56.6 Å². The average Bonchev–Trinajstić information content (AvgIpc) is 1.87. The van der Waals surface area contributed by atoms with E-state index in [0.29, 0.717) is 0 Å². The van der Waals surface area contributed by atoms with Gasteiger partial charge >= 0.3 is 0 Å². The molecular weight excluding hydrogens is 110 g/mol. The predicted molar refractivity (Wildman–Crippen MR) is 41.9 cm³/mol. The zero-order valence-electron chi connectivity index (χ0n) is 6.02. The standard InChI is InChI=1S/C8H13N/c1-4-7(2)5-8(3)6-9/h4-6H,1,9H2,2-3H3/b7-5-,8-6-. The Hall–Kier alpha value is -0.980. The zero-order chi connectivity index (χ0) is 7.28. The molecule has 0 radical (unpaired) electrons. The molecule has 9 heavy (non-hydrogen) atoms. The molecule has 0 bridgehead atoms. The van der Waals surface area contributed by atoms with E-state index in [9.17, 15) is 0 Å². The van der Waals surface area contributed by atoms with Crippen LogP contribution in [-0.4, -0.2) is 0 Å². The first-order valence-electron chi connectivity index (χ1n) is 2.90. The monoisotopic (exact) mass is 123 g/mol. The fourth-order valence-electron chi connectivity index (χ4n) is 0.466. The van der Waals surface area contributed by atoms with Crippen molar-refractivity contribution in [2.75, 3.05) is 0 Å². The summed E-state index contributed by atoms with van der Waals surface area (Å²) >= 11 is 0. The van der Waals surface area contributed by atoms with E-state index >= 15 is 0 Å². The molecule has 0 aromatic heterocycles. The number of nitrogens with two attached hydrogens (primary N) is 1. The van der Waals surface area contributed by atoms with E-state index in [2.05, 4.69) is 6.58 Å². The van der Waals surface area contributed by atoms with E-state index < -0.39 is 0 Å². The van der Waals surface area contributed by atoms with Gasteiger partial charge in [-0.05, 0) is 25.6 Å². The highest BCUT2D eigenvalue weighted by Gasteiger charge is 1.80. The van der Waals surface area contributed by atoms with Crippen LogP contribution in [0.5, 0.6) is 0 Å². The second-order valence-electron chi connectivity index (χ2n) is 2.00. The molecule has 0 rings (SSSR count). The summed E-state index contributed by atoms with van der Waals surface area (Å²) in [5.74, 6) is 0. The van der Waals surface area contributed by atoms with Crippen molar-refractivity contribution in [1.29, 1.82) is 0 Å². The quantitative estimate of drug-likeness (QED) is 0.558. The van der Waals surface area contributed by atoms with Crippen molar-refractivity contribution < 1.29 is 0 Å². The lowest BCUT2D eigenvalue weighted by molar-refractivity contribution is 1.39. The summed E-state index contributed by atoms with van der Waals surface area (Å²) in [6.45, 7) is 7.55. The van der Waals surface area contributed by atoms with Crippen LogP contribution >= 0.6 is 0 Å². The normalized spacial score (nSPS) is 13.6. The lowest BCUT2D eigenvalue weighted by atomic mass is 10.2. The molecule has 0 aliphatic rings. The second kappa shape index (κ2) is 3.96. The van der Waals surface area contributed by atoms with Gasteiger partial charge in [0.1, 0.15) is 0 Å². The molecule has 0 heterocycles. The van der Waals surface area contributed by atoms with Gasteiger partial charge in [-0.1, -0.05) is 24.3 Å². The van der Waals surface area contributed by atoms with Crippen LogP contribution in [-0.2, 0) is 0 Å². The summed E-state index contributed by atoms with van der Waals surface area (Å²) in [6.07, 6.45) is 5.35. The summed E-state index contributed by atoms with van der Waals surface area (Å²) in [6, 6.07) is 0. The number of hydrogen-bond acceptors (Lipinski definition) is 1. The molecule has 0 unspecified atom stereocenters. The first-order valence-corrected chi connectivity index (χ1v) is 2.90. The fourth-order valence-corrected chi connectivity index (χ4v) is 0.466. The molecule has 1 heteroatoms. The van der Waals surface area contributed by atoms with E-state index in [4.69, 9.17) is 5.73 Å². The van der Waals surface area contributed by atoms with Gasteiger partial charge in [0.05, 0.1) is 0 Å². The van der Waals surface area contributed by atoms with Crippen molar-refractivity contribution >= 4 is 0 Å². The van der Waals surface area contributed by atoms with Gasteiger partial charge in [-0.15, -0.1) is 0 Å². The Morgan fingerprint density at radius 2 is 1.89 bits per heavy atom. The molecular formula is C8H13N. The average molecular weight is 123 g/mol. The third-order valence-corrected chi connectivity index (χ3v) is 1.04. The van der Waals surface area contributed by atoms with E-state index in [0.717, 1.165) is 11.1 Å². The predicted octanol–water partition coefficient (Wildman–Crippen LogP) is 1.98. The molecule has 2 N–H and O–H groups in total. The molecule has 50 valence electrons. The first-order chi connectivity index (χ1) is 4.20. The lowest BCUT2D eigenvalue weighted by Gasteiger charge is -1.90. The molecule has 0 saturated carbocycles. The van der Waals surface area contributed by atoms with Crippen LogP contribution in [0, 0.1) is 0 Å². The highest BCUT2D eigenvalue weighted by molar-refractivity contribution is 5.25. The van der Waals surface area contributed by atoms with Gasteiger partial charge in [0.15, 0.2) is 0 Å². The lowest BCUT2D eigenvalue weighted by Crippen LogP contribution is -1.81. The van der Waals surface area contributed by atoms with E-state index in [1.807, 2.05) is 19.9 Å². The third-order valence-electron chi connectivity index (χ3n) is 1.04. The third kappa shape index (κ3) is 3.59. The van der Waals surface area contributed by atoms with Gasteiger partial charge in [0, 0.05) is 0 Å². The SMILES string of the molecule is C=C/C(C)=C\C(C)=C/N. The smallest absolute Gasteiger partial charge is 0.00324 e. The summed E-state index contributed by atoms with van der Waals surface area (Å²) in [7, 11) is 0. The minimum Gasteiger partial charge on any atom is -0.404 e. The maximum absolute atomic E-state index is 5.23. The minimum absolute atomic E-state index is 1.06. The van der Waals surface area contributed by atoms with Gasteiger partial charge in [0.25, 0.3) is 0 Å². The summed E-state index contributed by atoms with van der Waals surface area (Å²) in [5.41, 5.74) is 7.43. The van der Waals surface area contributed by atoms with Crippen LogP contribution < -0.4 is 5.73 Å². The van der Waals surface area contributed by atoms with Crippen molar-refractivity contribution in [2.24, 2.45) is 5.73 Å². The number of allylic oxidation sites excluding steroid dienone is 4. The Balaban J connectivity index is 4.11. The van der Waals surface area contributed by atoms with Crippen molar-refractivity contribution in [2.45, 2.75) is 13.8 Å². The molecule has 0 saturated heterocycles. The van der Waals surface area contributed by atoms with Crippen LogP contribution in [0.3, 0.4) is 0 Å². The molecule has 0 aliphatic carbocycles. The topological polar surface area (TPSA) is 26.0 Å². The van der Waals surface area contributed by atoms with Crippen molar-refractivity contribution in [1.82, 2.24) is 0 Å². The largest absolute Gasteiger partial charge is 0.404 e. The highest BCUT2D eigenvalue weighted by atomic mass is 14.5. The van der Waals surface area contributed by atoms with E-state index in [1.165, 1.54) is 0 Å². The van der Waals surface area contributed by atoms with Crippen LogP contribution in [0.15, 0.2) is 36.1 Å². The molecule has 0 atom stereocenters. The molecule has 0 fully saturated rings. The number of hydrogen-bond donors (Lipinski definition) is 1. The van der Waals surface area contributed by atoms with Crippen molar-refractivity contribution in [3.8, 4) is 0 Å².